The van der Waals surface area contributed by atoms with Crippen molar-refractivity contribution in [2.45, 2.75) is 62.5 Å². The molecular formula is C31H32N6O6S. The van der Waals surface area contributed by atoms with Gasteiger partial charge in [-0.1, -0.05) is 18.2 Å². The third-order valence-corrected chi connectivity index (χ3v) is 9.66. The molecule has 5 heterocycles. The van der Waals surface area contributed by atoms with Gasteiger partial charge in [0, 0.05) is 35.6 Å². The maximum atomic E-state index is 14.2. The summed E-state index contributed by atoms with van der Waals surface area (Å²) in [7, 11) is -4.15. The lowest BCUT2D eigenvalue weighted by Gasteiger charge is -2.36. The number of carbonyl (C=O) groups excluding carboxylic acids is 1. The molecule has 1 aromatic carbocycles. The number of carbonyl (C=O) groups is 2. The molecule has 0 spiro atoms. The average molecular weight is 617 g/mol. The van der Waals surface area contributed by atoms with E-state index < -0.39 is 33.2 Å². The van der Waals surface area contributed by atoms with Crippen molar-refractivity contribution >= 4 is 38.6 Å². The molecule has 4 aromatic heterocycles. The Balaban J connectivity index is 1.49. The highest BCUT2D eigenvalue weighted by Crippen LogP contribution is 2.38. The van der Waals surface area contributed by atoms with Gasteiger partial charge in [-0.2, -0.15) is 14.8 Å². The number of benzene rings is 1. The van der Waals surface area contributed by atoms with Crippen LogP contribution in [0.25, 0.3) is 27.7 Å². The zero-order chi connectivity index (χ0) is 31.3. The van der Waals surface area contributed by atoms with Gasteiger partial charge >= 0.3 is 12.1 Å². The fraction of sp³-hybridized carbons (Fsp3) is 0.323. The van der Waals surface area contributed by atoms with Crippen LogP contribution in [-0.2, 0) is 26.0 Å². The van der Waals surface area contributed by atoms with Crippen LogP contribution in [0.3, 0.4) is 0 Å². The Labute approximate surface area is 253 Å². The number of hydrogen-bond donors (Lipinski definition) is 1. The monoisotopic (exact) mass is 616 g/mol. The molecule has 13 heteroatoms. The maximum absolute atomic E-state index is 14.2. The summed E-state index contributed by atoms with van der Waals surface area (Å²) < 4.78 is 36.6. The summed E-state index contributed by atoms with van der Waals surface area (Å²) in [4.78, 5) is 31.8. The first-order valence-corrected chi connectivity index (χ1v) is 15.7. The van der Waals surface area contributed by atoms with Crippen molar-refractivity contribution in [1.29, 1.82) is 0 Å². The van der Waals surface area contributed by atoms with Gasteiger partial charge in [0.2, 0.25) is 0 Å². The van der Waals surface area contributed by atoms with E-state index in [-0.39, 0.29) is 36.3 Å². The number of likely N-dealkylation sites (tertiary alicyclic amines) is 1. The smallest absolute Gasteiger partial charge is 0.411 e. The van der Waals surface area contributed by atoms with Crippen molar-refractivity contribution in [3.8, 4) is 11.1 Å². The third-order valence-electron chi connectivity index (χ3n) is 7.90. The van der Waals surface area contributed by atoms with Crippen LogP contribution in [-0.4, -0.2) is 72.0 Å². The second kappa shape index (κ2) is 10.7. The SMILES string of the molecule is CC(C)(C)OC(=O)N1CCC[C@]1(CCc1cc2c(-c3cnn4ncccc34)ccnc2n1S(=O)(=O)c1ccccc1)C(=O)O. The summed E-state index contributed by atoms with van der Waals surface area (Å²) in [6, 6.07) is 15.2. The van der Waals surface area contributed by atoms with Crippen LogP contribution in [0.4, 0.5) is 4.79 Å². The fourth-order valence-electron chi connectivity index (χ4n) is 5.93. The molecule has 0 saturated carbocycles. The molecule has 0 aliphatic carbocycles. The third kappa shape index (κ3) is 4.96. The van der Waals surface area contributed by atoms with E-state index in [1.165, 1.54) is 31.8 Å². The number of pyridine rings is 1. The van der Waals surface area contributed by atoms with E-state index >= 15 is 0 Å². The molecule has 1 saturated heterocycles. The molecule has 1 aliphatic heterocycles. The number of aromatic nitrogens is 5. The number of hydrogen-bond acceptors (Lipinski definition) is 8. The minimum atomic E-state index is -4.15. The Bertz CT molecular complexity index is 2000. The second-order valence-electron chi connectivity index (χ2n) is 11.8. The topological polar surface area (TPSA) is 149 Å². The predicted molar refractivity (Wildman–Crippen MR) is 162 cm³/mol. The van der Waals surface area contributed by atoms with Crippen molar-refractivity contribution in [3.63, 3.8) is 0 Å². The Morgan fingerprint density at radius 2 is 1.80 bits per heavy atom. The summed E-state index contributed by atoms with van der Waals surface area (Å²) in [6.45, 7) is 5.39. The highest BCUT2D eigenvalue weighted by atomic mass is 32.2. The van der Waals surface area contributed by atoms with E-state index in [0.717, 1.165) is 11.1 Å². The van der Waals surface area contributed by atoms with Gasteiger partial charge in [0.1, 0.15) is 11.1 Å². The van der Waals surface area contributed by atoms with E-state index in [9.17, 15) is 23.1 Å². The summed E-state index contributed by atoms with van der Waals surface area (Å²) in [5.74, 6) is -1.16. The summed E-state index contributed by atoms with van der Waals surface area (Å²) in [5, 5.41) is 19.6. The zero-order valence-corrected chi connectivity index (χ0v) is 25.4. The molecule has 0 unspecified atom stereocenters. The van der Waals surface area contributed by atoms with Gasteiger partial charge in [0.15, 0.2) is 5.65 Å². The second-order valence-corrected chi connectivity index (χ2v) is 13.6. The first kappa shape index (κ1) is 29.3. The molecule has 228 valence electrons. The van der Waals surface area contributed by atoms with Crippen LogP contribution in [0.15, 0.2) is 78.1 Å². The molecule has 5 aromatic rings. The number of aryl methyl sites for hydroxylation is 1. The number of aliphatic carboxylic acids is 1. The summed E-state index contributed by atoms with van der Waals surface area (Å²) in [5.41, 5.74) is 0.328. The van der Waals surface area contributed by atoms with E-state index in [4.69, 9.17) is 4.74 Å². The molecule has 1 amide bonds. The molecule has 1 atom stereocenters. The first-order chi connectivity index (χ1) is 20.9. The normalized spacial score (nSPS) is 17.4. The van der Waals surface area contributed by atoms with E-state index in [1.807, 2.05) is 6.07 Å². The Hall–Kier alpha value is -4.78. The summed E-state index contributed by atoms with van der Waals surface area (Å²) in [6.07, 6.45) is 4.81. The van der Waals surface area contributed by atoms with Crippen LogP contribution in [0.1, 0.15) is 45.7 Å². The molecule has 1 fully saturated rings. The van der Waals surface area contributed by atoms with Crippen molar-refractivity contribution in [2.75, 3.05) is 6.54 Å². The van der Waals surface area contributed by atoms with Gasteiger partial charge in [0.05, 0.1) is 16.6 Å². The minimum absolute atomic E-state index is 0.0296. The van der Waals surface area contributed by atoms with Crippen LogP contribution in [0.2, 0.25) is 0 Å². The lowest BCUT2D eigenvalue weighted by atomic mass is 9.89. The van der Waals surface area contributed by atoms with Crippen molar-refractivity contribution in [2.24, 2.45) is 0 Å². The molecule has 1 aliphatic rings. The molecule has 12 nitrogen and oxygen atoms in total. The van der Waals surface area contributed by atoms with Gasteiger partial charge < -0.3 is 9.84 Å². The van der Waals surface area contributed by atoms with Gasteiger partial charge in [-0.25, -0.2) is 27.0 Å². The lowest BCUT2D eigenvalue weighted by Crippen LogP contribution is -2.54. The van der Waals surface area contributed by atoms with Gasteiger partial charge in [-0.05, 0) is 88.4 Å². The first-order valence-electron chi connectivity index (χ1n) is 14.3. The zero-order valence-electron chi connectivity index (χ0n) is 24.5. The highest BCUT2D eigenvalue weighted by molar-refractivity contribution is 7.90. The molecule has 0 radical (unpaired) electrons. The lowest BCUT2D eigenvalue weighted by molar-refractivity contribution is -0.149. The standard InChI is InChI=1S/C31H32N6O6S/c1-30(2,3)43-29(40)35-18-8-14-31(35,28(38)39)15-12-21-19-24-23(25-20-34-37-26(25)11-7-16-33-37)13-17-32-27(24)36(21)44(41,42)22-9-5-4-6-10-22/h4-7,9-11,13,16-17,19-20H,8,12,14-15,18H2,1-3H3,(H,38,39)/t31-/m0/s1. The number of rotatable bonds is 7. The quantitative estimate of drug-likeness (QED) is 0.273. The average Bonchev–Trinajstić information content (AvgIpc) is 3.71. The van der Waals surface area contributed by atoms with E-state index in [0.29, 0.717) is 23.1 Å². The molecule has 1 N–H and O–H groups in total. The van der Waals surface area contributed by atoms with Crippen LogP contribution < -0.4 is 0 Å². The minimum Gasteiger partial charge on any atom is -0.479 e. The Morgan fingerprint density at radius 3 is 2.52 bits per heavy atom. The maximum Gasteiger partial charge on any atom is 0.411 e. The van der Waals surface area contributed by atoms with Gasteiger partial charge in [-0.3, -0.25) is 4.90 Å². The molecule has 44 heavy (non-hydrogen) atoms. The fourth-order valence-corrected chi connectivity index (χ4v) is 7.47. The number of nitrogens with zero attached hydrogens (tertiary/aromatic N) is 6. The van der Waals surface area contributed by atoms with Crippen LogP contribution >= 0.6 is 0 Å². The van der Waals surface area contributed by atoms with Gasteiger partial charge in [0.25, 0.3) is 10.0 Å². The van der Waals surface area contributed by atoms with E-state index in [2.05, 4.69) is 15.2 Å². The van der Waals surface area contributed by atoms with Crippen molar-refractivity contribution < 1.29 is 27.9 Å². The molecular weight excluding hydrogens is 584 g/mol. The van der Waals surface area contributed by atoms with Crippen molar-refractivity contribution in [1.82, 2.24) is 28.7 Å². The predicted octanol–water partition coefficient (Wildman–Crippen LogP) is 4.77. The van der Waals surface area contributed by atoms with Crippen molar-refractivity contribution in [3.05, 3.63) is 78.9 Å². The van der Waals surface area contributed by atoms with Gasteiger partial charge in [-0.15, -0.1) is 0 Å². The number of ether oxygens (including phenoxy) is 1. The number of amides is 1. The number of carboxylic acids is 1. The number of carboxylic acid groups (broad SMARTS) is 1. The van der Waals surface area contributed by atoms with Crippen LogP contribution in [0.5, 0.6) is 0 Å². The number of fused-ring (bicyclic) bond motifs is 2. The highest BCUT2D eigenvalue weighted by Gasteiger charge is 2.51. The van der Waals surface area contributed by atoms with Crippen LogP contribution in [0, 0.1) is 0 Å². The largest absolute Gasteiger partial charge is 0.479 e. The molecule has 6 rings (SSSR count). The summed E-state index contributed by atoms with van der Waals surface area (Å²) >= 11 is 0. The molecule has 0 bridgehead atoms. The Morgan fingerprint density at radius 1 is 1.02 bits per heavy atom. The van der Waals surface area contributed by atoms with E-state index in [1.54, 1.807) is 69.6 Å². The Kier molecular flexibility index (Phi) is 7.15.